The maximum Gasteiger partial charge on any atom is 0.573 e. The molecule has 0 heterocycles. The van der Waals surface area contributed by atoms with Crippen molar-refractivity contribution >= 4 is 10.9 Å². The van der Waals surface area contributed by atoms with E-state index in [0.29, 0.717) is 14.7 Å². The molecule has 0 aliphatic rings. The van der Waals surface area contributed by atoms with E-state index in [0.717, 1.165) is 36.4 Å². The summed E-state index contributed by atoms with van der Waals surface area (Å²) in [7, 11) is -1.12. The Hall–Kier alpha value is -3.22. The lowest BCUT2D eigenvalue weighted by atomic mass is 10.3. The molecule has 0 bridgehead atoms. The lowest BCUT2D eigenvalue weighted by Crippen LogP contribution is -2.17. The van der Waals surface area contributed by atoms with Gasteiger partial charge in [0.15, 0.2) is 14.7 Å². The van der Waals surface area contributed by atoms with Gasteiger partial charge in [-0.1, -0.05) is 0 Å². The van der Waals surface area contributed by atoms with Gasteiger partial charge in [0.25, 0.3) is 0 Å². The Morgan fingerprint density at radius 1 is 0.382 bits per heavy atom. The SMILES string of the molecule is FC(F)(F)Oc1ccc([S+](c2ccc(OC(F)(F)F)cc2)c2ccc(OC(F)(F)F)cc2)cc1. The fourth-order valence-corrected chi connectivity index (χ4v) is 4.78. The molecule has 0 saturated heterocycles. The fraction of sp³-hybridized carbons (Fsp3) is 0.143. The first-order chi connectivity index (χ1) is 15.7. The van der Waals surface area contributed by atoms with Gasteiger partial charge in [-0.15, -0.1) is 39.5 Å². The molecule has 0 fully saturated rings. The molecule has 0 unspecified atom stereocenters. The highest BCUT2D eigenvalue weighted by atomic mass is 32.2. The quantitative estimate of drug-likeness (QED) is 0.252. The van der Waals surface area contributed by atoms with Crippen LogP contribution in [0.25, 0.3) is 0 Å². The predicted molar refractivity (Wildman–Crippen MR) is 102 cm³/mol. The topological polar surface area (TPSA) is 27.7 Å². The number of benzene rings is 3. The van der Waals surface area contributed by atoms with Crippen LogP contribution in [0.4, 0.5) is 39.5 Å². The summed E-state index contributed by atoms with van der Waals surface area (Å²) in [6.07, 6.45) is -14.7. The molecule has 0 aliphatic heterocycles. The highest BCUT2D eigenvalue weighted by Gasteiger charge is 2.35. The van der Waals surface area contributed by atoms with Crippen molar-refractivity contribution in [3.63, 3.8) is 0 Å². The first-order valence-corrected chi connectivity index (χ1v) is 10.2. The maximum absolute atomic E-state index is 12.4. The van der Waals surface area contributed by atoms with E-state index in [4.69, 9.17) is 0 Å². The van der Waals surface area contributed by atoms with E-state index in [1.54, 1.807) is 0 Å². The van der Waals surface area contributed by atoms with Crippen LogP contribution in [-0.2, 0) is 10.9 Å². The molecule has 3 nitrogen and oxygen atoms in total. The molecule has 3 rings (SSSR count). The zero-order valence-electron chi connectivity index (χ0n) is 16.5. The second-order valence-electron chi connectivity index (χ2n) is 6.36. The summed E-state index contributed by atoms with van der Waals surface area (Å²) in [6.45, 7) is 0. The minimum Gasteiger partial charge on any atom is -0.406 e. The number of hydrogen-bond acceptors (Lipinski definition) is 3. The van der Waals surface area contributed by atoms with Crippen molar-refractivity contribution in [1.82, 2.24) is 0 Å². The lowest BCUT2D eigenvalue weighted by Gasteiger charge is -2.13. The second kappa shape index (κ2) is 9.57. The molecule has 34 heavy (non-hydrogen) atoms. The van der Waals surface area contributed by atoms with E-state index in [2.05, 4.69) is 14.2 Å². The van der Waals surface area contributed by atoms with Crippen LogP contribution in [0.2, 0.25) is 0 Å². The molecule has 0 saturated carbocycles. The lowest BCUT2D eigenvalue weighted by molar-refractivity contribution is -0.275. The second-order valence-corrected chi connectivity index (χ2v) is 8.39. The average Bonchev–Trinajstić information content (AvgIpc) is 2.69. The Balaban J connectivity index is 1.97. The summed E-state index contributed by atoms with van der Waals surface area (Å²) >= 11 is 0. The Kier molecular flexibility index (Phi) is 7.15. The Bertz CT molecular complexity index is 934. The van der Waals surface area contributed by atoms with Crippen LogP contribution in [-0.4, -0.2) is 19.1 Å². The summed E-state index contributed by atoms with van der Waals surface area (Å²) in [4.78, 5) is 1.26. The first-order valence-electron chi connectivity index (χ1n) is 9.00. The third kappa shape index (κ3) is 7.68. The van der Waals surface area contributed by atoms with Gasteiger partial charge in [-0.2, -0.15) is 0 Å². The van der Waals surface area contributed by atoms with Gasteiger partial charge in [-0.3, -0.25) is 0 Å². The zero-order valence-corrected chi connectivity index (χ0v) is 17.3. The molecular weight excluding hydrogens is 503 g/mol. The van der Waals surface area contributed by atoms with Crippen LogP contribution in [0.3, 0.4) is 0 Å². The van der Waals surface area contributed by atoms with Crippen molar-refractivity contribution < 1.29 is 53.7 Å². The van der Waals surface area contributed by atoms with Crippen LogP contribution >= 0.6 is 0 Å². The highest BCUT2D eigenvalue weighted by Crippen LogP contribution is 2.35. The zero-order chi connectivity index (χ0) is 25.1. The molecule has 0 amide bonds. The Morgan fingerprint density at radius 2 is 0.588 bits per heavy atom. The van der Waals surface area contributed by atoms with Gasteiger partial charge in [-0.25, -0.2) is 0 Å². The third-order valence-electron chi connectivity index (χ3n) is 3.88. The number of ether oxygens (including phenoxy) is 3. The average molecular weight is 515 g/mol. The van der Waals surface area contributed by atoms with Crippen molar-refractivity contribution in [3.8, 4) is 17.2 Å². The number of halogens is 9. The van der Waals surface area contributed by atoms with Crippen molar-refractivity contribution in [3.05, 3.63) is 72.8 Å². The molecule has 0 spiro atoms. The van der Waals surface area contributed by atoms with E-state index in [1.807, 2.05) is 0 Å². The largest absolute Gasteiger partial charge is 0.573 e. The van der Waals surface area contributed by atoms with Crippen molar-refractivity contribution in [1.29, 1.82) is 0 Å². The van der Waals surface area contributed by atoms with Crippen molar-refractivity contribution in [2.75, 3.05) is 0 Å². The van der Waals surface area contributed by atoms with Crippen LogP contribution in [0.15, 0.2) is 87.5 Å². The Morgan fingerprint density at radius 3 is 0.765 bits per heavy atom. The van der Waals surface area contributed by atoms with E-state index < -0.39 is 47.2 Å². The molecule has 3 aromatic carbocycles. The van der Waals surface area contributed by atoms with Crippen LogP contribution < -0.4 is 14.2 Å². The first kappa shape index (κ1) is 25.4. The standard InChI is InChI=1S/C21H12F9O3S/c22-19(23,24)31-13-1-7-16(8-2-13)34(17-9-3-14(4-10-17)32-20(25,26)27)18-11-5-15(6-12-18)33-21(28,29)30/h1-12H/q+1. The van der Waals surface area contributed by atoms with Gasteiger partial charge in [-0.05, 0) is 72.8 Å². The molecule has 0 aromatic heterocycles. The maximum atomic E-state index is 12.4. The molecule has 0 radical (unpaired) electrons. The van der Waals surface area contributed by atoms with E-state index >= 15 is 0 Å². The smallest absolute Gasteiger partial charge is 0.406 e. The van der Waals surface area contributed by atoms with Gasteiger partial charge >= 0.3 is 19.1 Å². The number of rotatable bonds is 6. The van der Waals surface area contributed by atoms with Crippen LogP contribution in [0, 0.1) is 0 Å². The highest BCUT2D eigenvalue weighted by molar-refractivity contribution is 7.97. The van der Waals surface area contributed by atoms with Gasteiger partial charge < -0.3 is 14.2 Å². The molecular formula is C21H12F9O3S+. The summed E-state index contributed by atoms with van der Waals surface area (Å²) in [5.41, 5.74) is 0. The van der Waals surface area contributed by atoms with Crippen molar-refractivity contribution in [2.45, 2.75) is 33.8 Å². The molecule has 13 heteroatoms. The summed E-state index contributed by atoms with van der Waals surface area (Å²) in [5, 5.41) is 0. The van der Waals surface area contributed by atoms with Crippen LogP contribution in [0.5, 0.6) is 17.2 Å². The Labute approximate surface area is 189 Å². The number of hydrogen-bond donors (Lipinski definition) is 0. The van der Waals surface area contributed by atoms with Crippen LogP contribution in [0.1, 0.15) is 0 Å². The minimum atomic E-state index is -4.91. The van der Waals surface area contributed by atoms with Gasteiger partial charge in [0, 0.05) is 0 Å². The molecule has 3 aromatic rings. The van der Waals surface area contributed by atoms with Gasteiger partial charge in [0.1, 0.15) is 17.2 Å². The molecule has 0 N–H and O–H groups in total. The molecule has 0 aliphatic carbocycles. The van der Waals surface area contributed by atoms with E-state index in [-0.39, 0.29) is 0 Å². The van der Waals surface area contributed by atoms with E-state index in [1.165, 1.54) is 36.4 Å². The van der Waals surface area contributed by atoms with E-state index in [9.17, 15) is 39.5 Å². The molecule has 0 atom stereocenters. The monoisotopic (exact) mass is 515 g/mol. The summed E-state index contributed by atoms with van der Waals surface area (Å²) in [5.74, 6) is -1.49. The third-order valence-corrected chi connectivity index (χ3v) is 6.11. The number of alkyl halides is 9. The normalized spacial score (nSPS) is 12.5. The fourth-order valence-electron chi connectivity index (χ4n) is 2.74. The van der Waals surface area contributed by atoms with Gasteiger partial charge in [0.05, 0.1) is 10.9 Å². The predicted octanol–water partition coefficient (Wildman–Crippen LogP) is 7.48. The molecule has 182 valence electrons. The minimum absolute atomic E-state index is 0.420. The van der Waals surface area contributed by atoms with Crippen molar-refractivity contribution in [2.24, 2.45) is 0 Å². The summed E-state index contributed by atoms with van der Waals surface area (Å²) < 4.78 is 123. The summed E-state index contributed by atoms with van der Waals surface area (Å²) in [6, 6.07) is 14.1. The van der Waals surface area contributed by atoms with Gasteiger partial charge in [0.2, 0.25) is 0 Å².